The highest BCUT2D eigenvalue weighted by Crippen LogP contribution is 2.46. The van der Waals surface area contributed by atoms with E-state index in [9.17, 15) is 5.26 Å². The Hall–Kier alpha value is -4.16. The first kappa shape index (κ1) is 22.6. The van der Waals surface area contributed by atoms with Crippen molar-refractivity contribution in [3.05, 3.63) is 118 Å². The molecule has 0 aliphatic heterocycles. The van der Waals surface area contributed by atoms with E-state index >= 15 is 0 Å². The fraction of sp³-hybridized carbons (Fsp3) is 0.188. The third-order valence-electron chi connectivity index (χ3n) is 6.98. The van der Waals surface area contributed by atoms with Gasteiger partial charge in [-0.1, -0.05) is 85.3 Å². The molecule has 4 aromatic rings. The summed E-state index contributed by atoms with van der Waals surface area (Å²) in [5.41, 5.74) is 10.8. The number of nitriles is 1. The van der Waals surface area contributed by atoms with Crippen molar-refractivity contribution in [2.75, 3.05) is 0 Å². The topological polar surface area (TPSA) is 52.5 Å². The summed E-state index contributed by atoms with van der Waals surface area (Å²) in [6.45, 7) is 8.14. The largest absolute Gasteiger partial charge is 0.278 e. The van der Waals surface area contributed by atoms with Crippen molar-refractivity contribution < 1.29 is 0 Å². The lowest BCUT2D eigenvalue weighted by Gasteiger charge is -2.32. The maximum atomic E-state index is 10.3. The number of aryl methyl sites for hydroxylation is 1. The van der Waals surface area contributed by atoms with Gasteiger partial charge in [-0.15, -0.1) is 0 Å². The van der Waals surface area contributed by atoms with E-state index in [1.165, 1.54) is 36.0 Å². The maximum absolute atomic E-state index is 10.3. The van der Waals surface area contributed by atoms with Crippen LogP contribution in [0, 0.1) is 24.2 Å². The van der Waals surface area contributed by atoms with Gasteiger partial charge >= 0.3 is 0 Å². The molecule has 35 heavy (non-hydrogen) atoms. The number of nitrogens with one attached hydrogen (secondary N) is 1. The van der Waals surface area contributed by atoms with Crippen LogP contribution in [0.25, 0.3) is 28.1 Å². The Kier molecular flexibility index (Phi) is 6.21. The Balaban J connectivity index is 1.81. The molecule has 1 N–H and O–H groups in total. The summed E-state index contributed by atoms with van der Waals surface area (Å²) in [6.07, 6.45) is 9.45. The van der Waals surface area contributed by atoms with Crippen LogP contribution in [0.1, 0.15) is 59.6 Å². The van der Waals surface area contributed by atoms with Crippen LogP contribution >= 0.6 is 0 Å². The summed E-state index contributed by atoms with van der Waals surface area (Å²) in [4.78, 5) is 0. The lowest BCUT2D eigenvalue weighted by Crippen LogP contribution is -2.16. The molecule has 0 saturated heterocycles. The van der Waals surface area contributed by atoms with E-state index in [-0.39, 0.29) is 0 Å². The van der Waals surface area contributed by atoms with Gasteiger partial charge in [0.25, 0.3) is 0 Å². The van der Waals surface area contributed by atoms with Gasteiger partial charge in [-0.2, -0.15) is 10.4 Å². The van der Waals surface area contributed by atoms with Gasteiger partial charge < -0.3 is 0 Å². The molecular formula is C32H29N3. The highest BCUT2D eigenvalue weighted by atomic mass is 15.1. The number of hydrogen-bond donors (Lipinski definition) is 1. The first-order valence-corrected chi connectivity index (χ1v) is 12.2. The zero-order chi connectivity index (χ0) is 24.4. The van der Waals surface area contributed by atoms with Crippen LogP contribution in [0.4, 0.5) is 0 Å². The van der Waals surface area contributed by atoms with Crippen molar-refractivity contribution in [2.45, 2.75) is 33.1 Å². The molecule has 1 heterocycles. The highest BCUT2D eigenvalue weighted by molar-refractivity contribution is 6.04. The molecule has 0 atom stereocenters. The van der Waals surface area contributed by atoms with Crippen molar-refractivity contribution in [2.24, 2.45) is 5.92 Å². The Morgan fingerprint density at radius 3 is 2.49 bits per heavy atom. The monoisotopic (exact) mass is 455 g/mol. The number of benzene rings is 3. The average molecular weight is 456 g/mol. The molecule has 1 saturated carbocycles. The molecule has 0 amide bonds. The molecule has 1 aliphatic rings. The van der Waals surface area contributed by atoms with Crippen LogP contribution in [0.2, 0.25) is 0 Å². The standard InChI is InChI=1S/C32H29N3/c1-21(2)11-12-23-13-15-25(16-14-23)32(27-17-18-30-29(20-34-35-30)28(27)19-33)31(24-8-6-9-24)26-10-5-4-7-22(26)3/h4-5,7,10-18,20,24H,1,6,8-9H2,2-3H3,(H,34,35)/b12-11+,32-31+. The number of nitrogens with zero attached hydrogens (tertiary/aromatic N) is 2. The molecule has 1 fully saturated rings. The lowest BCUT2D eigenvalue weighted by molar-refractivity contribution is 0.401. The predicted molar refractivity (Wildman–Crippen MR) is 146 cm³/mol. The van der Waals surface area contributed by atoms with Crippen LogP contribution in [-0.2, 0) is 0 Å². The van der Waals surface area contributed by atoms with Crippen LogP contribution in [0.15, 0.2) is 85.1 Å². The number of fused-ring (bicyclic) bond motifs is 1. The van der Waals surface area contributed by atoms with Gasteiger partial charge in [0, 0.05) is 10.9 Å². The van der Waals surface area contributed by atoms with Gasteiger partial charge in [-0.25, -0.2) is 0 Å². The van der Waals surface area contributed by atoms with Crippen molar-refractivity contribution >= 4 is 28.1 Å². The first-order chi connectivity index (χ1) is 17.1. The molecule has 0 spiro atoms. The smallest absolute Gasteiger partial charge is 0.101 e. The second-order valence-corrected chi connectivity index (χ2v) is 9.46. The second kappa shape index (κ2) is 9.60. The summed E-state index contributed by atoms with van der Waals surface area (Å²) < 4.78 is 0. The van der Waals surface area contributed by atoms with E-state index < -0.39 is 0 Å². The summed E-state index contributed by atoms with van der Waals surface area (Å²) >= 11 is 0. The van der Waals surface area contributed by atoms with Gasteiger partial charge in [-0.05, 0) is 72.1 Å². The lowest BCUT2D eigenvalue weighted by atomic mass is 9.72. The van der Waals surface area contributed by atoms with E-state index in [4.69, 9.17) is 0 Å². The van der Waals surface area contributed by atoms with E-state index in [0.717, 1.165) is 38.7 Å². The molecule has 1 aromatic heterocycles. The first-order valence-electron chi connectivity index (χ1n) is 12.2. The fourth-order valence-electron chi connectivity index (χ4n) is 4.93. The van der Waals surface area contributed by atoms with Crippen LogP contribution in [-0.4, -0.2) is 10.2 Å². The Morgan fingerprint density at radius 1 is 1.06 bits per heavy atom. The van der Waals surface area contributed by atoms with Crippen molar-refractivity contribution in [1.29, 1.82) is 5.26 Å². The van der Waals surface area contributed by atoms with Gasteiger partial charge in [0.15, 0.2) is 0 Å². The summed E-state index contributed by atoms with van der Waals surface area (Å²) in [7, 11) is 0. The minimum absolute atomic E-state index is 0.473. The zero-order valence-electron chi connectivity index (χ0n) is 20.3. The van der Waals surface area contributed by atoms with E-state index in [2.05, 4.69) is 90.4 Å². The molecule has 1 aliphatic carbocycles. The molecule has 3 aromatic carbocycles. The SMILES string of the molecule is C=C(C)/C=C/c1ccc(/C(=C(\c2ccccc2C)C2CCC2)c2ccc3[nH]ncc3c2C#N)cc1. The minimum Gasteiger partial charge on any atom is -0.278 e. The van der Waals surface area contributed by atoms with E-state index in [1.54, 1.807) is 6.20 Å². The number of H-pyrrole nitrogens is 1. The molecule has 0 bridgehead atoms. The predicted octanol–water partition coefficient (Wildman–Crippen LogP) is 8.09. The third kappa shape index (κ3) is 4.36. The number of aromatic amines is 1. The normalized spacial score (nSPS) is 14.5. The van der Waals surface area contributed by atoms with Crippen LogP contribution in [0.3, 0.4) is 0 Å². The quantitative estimate of drug-likeness (QED) is 0.236. The maximum Gasteiger partial charge on any atom is 0.101 e. The van der Waals surface area contributed by atoms with Gasteiger partial charge in [-0.3, -0.25) is 5.10 Å². The Morgan fingerprint density at radius 2 is 1.83 bits per heavy atom. The van der Waals surface area contributed by atoms with Gasteiger partial charge in [0.1, 0.15) is 6.07 Å². The molecular weight excluding hydrogens is 426 g/mol. The number of hydrogen-bond acceptors (Lipinski definition) is 2. The van der Waals surface area contributed by atoms with Crippen molar-refractivity contribution in [3.63, 3.8) is 0 Å². The summed E-state index contributed by atoms with van der Waals surface area (Å²) in [5.74, 6) is 0.473. The average Bonchev–Trinajstić information content (AvgIpc) is 3.31. The van der Waals surface area contributed by atoms with Gasteiger partial charge in [0.2, 0.25) is 0 Å². The zero-order valence-corrected chi connectivity index (χ0v) is 20.3. The number of rotatable bonds is 6. The molecule has 0 unspecified atom stereocenters. The summed E-state index contributed by atoms with van der Waals surface area (Å²) in [5, 5.41) is 18.4. The van der Waals surface area contributed by atoms with E-state index in [1.807, 2.05) is 19.1 Å². The molecule has 172 valence electrons. The highest BCUT2D eigenvalue weighted by Gasteiger charge is 2.29. The molecule has 5 rings (SSSR count). The van der Waals surface area contributed by atoms with E-state index in [0.29, 0.717) is 11.5 Å². The second-order valence-electron chi connectivity index (χ2n) is 9.46. The number of allylic oxidation sites excluding steroid dienone is 3. The minimum atomic E-state index is 0.473. The van der Waals surface area contributed by atoms with Crippen LogP contribution in [0.5, 0.6) is 0 Å². The summed E-state index contributed by atoms with van der Waals surface area (Å²) in [6, 6.07) is 23.9. The molecule has 3 nitrogen and oxygen atoms in total. The van der Waals surface area contributed by atoms with Gasteiger partial charge in [0.05, 0.1) is 17.3 Å². The fourth-order valence-corrected chi connectivity index (χ4v) is 4.93. The Labute approximate surface area is 207 Å². The van der Waals surface area contributed by atoms with Crippen molar-refractivity contribution in [3.8, 4) is 6.07 Å². The Bertz CT molecular complexity index is 1500. The molecule has 3 heteroatoms. The third-order valence-corrected chi connectivity index (χ3v) is 6.98. The number of aromatic nitrogens is 2. The van der Waals surface area contributed by atoms with Crippen molar-refractivity contribution in [1.82, 2.24) is 10.2 Å². The molecule has 0 radical (unpaired) electrons. The van der Waals surface area contributed by atoms with Crippen LogP contribution < -0.4 is 0 Å².